The fourth-order valence-corrected chi connectivity index (χ4v) is 8.00. The highest BCUT2D eigenvalue weighted by atomic mass is 35.5. The summed E-state index contributed by atoms with van der Waals surface area (Å²) in [7, 11) is 0. The van der Waals surface area contributed by atoms with Gasteiger partial charge in [0.1, 0.15) is 6.04 Å². The van der Waals surface area contributed by atoms with Gasteiger partial charge in [-0.1, -0.05) is 36.2 Å². The Hall–Kier alpha value is -4.07. The van der Waals surface area contributed by atoms with Gasteiger partial charge in [-0.15, -0.1) is 5.06 Å². The predicted octanol–water partition coefficient (Wildman–Crippen LogP) is 4.05. The van der Waals surface area contributed by atoms with Crippen LogP contribution in [0.25, 0.3) is 11.0 Å². The van der Waals surface area contributed by atoms with Crippen molar-refractivity contribution in [2.45, 2.75) is 76.0 Å². The minimum absolute atomic E-state index is 0.0167. The van der Waals surface area contributed by atoms with Crippen molar-refractivity contribution >= 4 is 46.4 Å². The van der Waals surface area contributed by atoms with Crippen molar-refractivity contribution < 1.29 is 19.2 Å². The average Bonchev–Trinajstić information content (AvgIpc) is 3.49. The van der Waals surface area contributed by atoms with Crippen LogP contribution in [0.1, 0.15) is 56.1 Å². The summed E-state index contributed by atoms with van der Waals surface area (Å²) in [6, 6.07) is 10.8. The highest BCUT2D eigenvalue weighted by molar-refractivity contribution is 6.35. The van der Waals surface area contributed by atoms with Crippen LogP contribution in [0.3, 0.4) is 0 Å². The van der Waals surface area contributed by atoms with Gasteiger partial charge in [-0.05, 0) is 80.9 Å². The van der Waals surface area contributed by atoms with Crippen LogP contribution in [-0.2, 0) is 22.6 Å². The molecule has 1 atom stereocenters. The molecular formula is C34H43ClN8O5. The number of piperidine rings is 3. The van der Waals surface area contributed by atoms with Gasteiger partial charge in [-0.25, -0.2) is 14.4 Å². The Labute approximate surface area is 283 Å². The number of aromatic amines is 2. The van der Waals surface area contributed by atoms with E-state index in [2.05, 4.69) is 25.5 Å². The third kappa shape index (κ3) is 7.18. The first-order valence-electron chi connectivity index (χ1n) is 17.1. The first kappa shape index (κ1) is 32.5. The van der Waals surface area contributed by atoms with Crippen molar-refractivity contribution in [3.05, 3.63) is 63.0 Å². The lowest BCUT2D eigenvalue weighted by atomic mass is 9.98. The Morgan fingerprint density at radius 2 is 1.65 bits per heavy atom. The number of hydroxylamine groups is 2. The number of amides is 4. The second-order valence-electron chi connectivity index (χ2n) is 13.4. The summed E-state index contributed by atoms with van der Waals surface area (Å²) < 4.78 is 0. The van der Waals surface area contributed by atoms with Crippen LogP contribution in [0.4, 0.5) is 15.3 Å². The van der Waals surface area contributed by atoms with Crippen LogP contribution in [0.15, 0.2) is 41.2 Å². The molecule has 7 rings (SSSR count). The van der Waals surface area contributed by atoms with Gasteiger partial charge >= 0.3 is 17.8 Å². The van der Waals surface area contributed by atoms with Crippen molar-refractivity contribution in [3.63, 3.8) is 0 Å². The van der Waals surface area contributed by atoms with E-state index >= 15 is 0 Å². The van der Waals surface area contributed by atoms with E-state index in [-0.39, 0.29) is 30.1 Å². The maximum absolute atomic E-state index is 14.0. The Morgan fingerprint density at radius 1 is 0.917 bits per heavy atom. The van der Waals surface area contributed by atoms with Gasteiger partial charge in [-0.3, -0.25) is 4.79 Å². The molecule has 3 fully saturated rings. The third-order valence-electron chi connectivity index (χ3n) is 10.3. The molecule has 0 spiro atoms. The standard InChI is InChI=1S/C34H43ClN8O5/c35-26-18-22(19-28-30(26)39-32(45)36-28)20-29(31(44)41-14-8-24(9-15-41)40-12-4-1-5-13-40)38-34(47)48-42-16-10-25(11-17-42)43-21-23-6-2-3-7-27(23)37-33(43)46/h2-3,6-7,18-19,24-25,29H,1,4-5,8-17,20-21H2,(H,37,46)(H,38,47)(H2,36,39,45). The normalized spacial score (nSPS) is 20.7. The molecule has 4 amide bonds. The number of fused-ring (bicyclic) bond motifs is 2. The average molecular weight is 679 g/mol. The van der Waals surface area contributed by atoms with Gasteiger partial charge in [0.2, 0.25) is 5.91 Å². The number of likely N-dealkylation sites (tertiary alicyclic amines) is 2. The van der Waals surface area contributed by atoms with E-state index in [0.717, 1.165) is 37.2 Å². The third-order valence-corrected chi connectivity index (χ3v) is 10.6. The fourth-order valence-electron chi connectivity index (χ4n) is 7.71. The van der Waals surface area contributed by atoms with Crippen LogP contribution < -0.4 is 16.3 Å². The molecule has 0 aliphatic carbocycles. The number of H-pyrrole nitrogens is 2. The lowest BCUT2D eigenvalue weighted by molar-refractivity contribution is -0.137. The number of hydrogen-bond acceptors (Lipinski definition) is 7. The van der Waals surface area contributed by atoms with E-state index in [1.165, 1.54) is 19.3 Å². The van der Waals surface area contributed by atoms with E-state index in [1.54, 1.807) is 17.2 Å². The number of benzene rings is 2. The molecule has 4 aliphatic heterocycles. The summed E-state index contributed by atoms with van der Waals surface area (Å²) >= 11 is 6.48. The van der Waals surface area contributed by atoms with Gasteiger partial charge in [-0.2, -0.15) is 0 Å². The molecule has 4 aliphatic rings. The highest BCUT2D eigenvalue weighted by Gasteiger charge is 2.35. The van der Waals surface area contributed by atoms with Crippen molar-refractivity contribution in [1.29, 1.82) is 0 Å². The molecule has 3 aromatic rings. The summed E-state index contributed by atoms with van der Waals surface area (Å²) in [5, 5.41) is 7.77. The Bertz CT molecular complexity index is 1700. The highest BCUT2D eigenvalue weighted by Crippen LogP contribution is 2.28. The minimum Gasteiger partial charge on any atom is -0.351 e. The van der Waals surface area contributed by atoms with Crippen LogP contribution in [0.2, 0.25) is 5.02 Å². The first-order chi connectivity index (χ1) is 23.3. The number of rotatable bonds is 7. The fraction of sp³-hybridized carbons (Fsp3) is 0.529. The lowest BCUT2D eigenvalue weighted by Crippen LogP contribution is -2.55. The molecule has 0 saturated carbocycles. The summed E-state index contributed by atoms with van der Waals surface area (Å²) in [5.74, 6) is -0.169. The Kier molecular flexibility index (Phi) is 9.60. The van der Waals surface area contributed by atoms with E-state index in [9.17, 15) is 19.2 Å². The summed E-state index contributed by atoms with van der Waals surface area (Å²) in [4.78, 5) is 69.4. The molecule has 0 bridgehead atoms. The van der Waals surface area contributed by atoms with Crippen molar-refractivity contribution in [2.24, 2.45) is 0 Å². The maximum Gasteiger partial charge on any atom is 0.426 e. The summed E-state index contributed by atoms with van der Waals surface area (Å²) in [6.07, 6.45) is 6.31. The molecule has 3 saturated heterocycles. The zero-order valence-corrected chi connectivity index (χ0v) is 27.8. The number of imidazole rings is 1. The van der Waals surface area contributed by atoms with Gasteiger partial charge in [0, 0.05) is 56.9 Å². The van der Waals surface area contributed by atoms with Gasteiger partial charge < -0.3 is 40.1 Å². The molecule has 4 N–H and O–H groups in total. The van der Waals surface area contributed by atoms with Crippen LogP contribution in [-0.4, -0.2) is 105 Å². The number of carbonyl (C=O) groups is 3. The van der Waals surface area contributed by atoms with Crippen LogP contribution in [0.5, 0.6) is 0 Å². The molecule has 48 heavy (non-hydrogen) atoms. The molecule has 14 heteroatoms. The quantitative estimate of drug-likeness (QED) is 0.295. The number of nitrogens with one attached hydrogen (secondary N) is 4. The van der Waals surface area contributed by atoms with Crippen molar-refractivity contribution in [2.75, 3.05) is 44.6 Å². The molecule has 2 aromatic carbocycles. The maximum atomic E-state index is 14.0. The molecule has 1 unspecified atom stereocenters. The van der Waals surface area contributed by atoms with E-state index in [4.69, 9.17) is 16.4 Å². The number of hydrogen-bond donors (Lipinski definition) is 4. The number of carbonyl (C=O) groups excluding carboxylic acids is 3. The number of para-hydroxylation sites is 1. The van der Waals surface area contributed by atoms with E-state index in [0.29, 0.717) is 73.2 Å². The van der Waals surface area contributed by atoms with Crippen LogP contribution >= 0.6 is 11.6 Å². The van der Waals surface area contributed by atoms with Gasteiger partial charge in [0.25, 0.3) is 0 Å². The number of aromatic nitrogens is 2. The number of anilines is 1. The topological polar surface area (TPSA) is 146 Å². The predicted molar refractivity (Wildman–Crippen MR) is 182 cm³/mol. The van der Waals surface area contributed by atoms with E-state index < -0.39 is 12.1 Å². The molecule has 1 aromatic heterocycles. The lowest BCUT2D eigenvalue weighted by Gasteiger charge is -2.41. The van der Waals surface area contributed by atoms with Gasteiger partial charge in [0.15, 0.2) is 0 Å². The van der Waals surface area contributed by atoms with Gasteiger partial charge in [0.05, 0.1) is 16.1 Å². The Morgan fingerprint density at radius 3 is 2.42 bits per heavy atom. The smallest absolute Gasteiger partial charge is 0.351 e. The number of halogens is 1. The molecule has 13 nitrogen and oxygen atoms in total. The molecule has 0 radical (unpaired) electrons. The minimum atomic E-state index is -0.891. The molecular weight excluding hydrogens is 636 g/mol. The molecule has 5 heterocycles. The summed E-state index contributed by atoms with van der Waals surface area (Å²) in [6.45, 7) is 4.95. The van der Waals surface area contributed by atoms with Crippen LogP contribution in [0, 0.1) is 0 Å². The zero-order chi connectivity index (χ0) is 33.2. The van der Waals surface area contributed by atoms with E-state index in [1.807, 2.05) is 34.1 Å². The first-order valence-corrected chi connectivity index (χ1v) is 17.5. The SMILES string of the molecule is O=C(NC(Cc1cc(Cl)c2[nH]c(=O)[nH]c2c1)C(=O)N1CCC(N2CCCCC2)CC1)ON1CCC(N2Cc3ccccc3NC2=O)CC1. The zero-order valence-electron chi connectivity index (χ0n) is 27.0. The Balaban J connectivity index is 0.986. The van der Waals surface area contributed by atoms with Crippen molar-refractivity contribution in [3.8, 4) is 0 Å². The molecule has 256 valence electrons. The second kappa shape index (κ2) is 14.2. The number of urea groups is 1. The number of nitrogens with zero attached hydrogens (tertiary/aromatic N) is 4. The largest absolute Gasteiger partial charge is 0.426 e. The van der Waals surface area contributed by atoms with Crippen molar-refractivity contribution in [1.82, 2.24) is 35.0 Å². The second-order valence-corrected chi connectivity index (χ2v) is 13.8. The summed E-state index contributed by atoms with van der Waals surface area (Å²) in [5.41, 5.74) is 3.28. The monoisotopic (exact) mass is 678 g/mol.